The molecule has 1 atom stereocenters. The zero-order chi connectivity index (χ0) is 21.2. The topological polar surface area (TPSA) is 58.2 Å². The van der Waals surface area contributed by atoms with Crippen LogP contribution in [0, 0.1) is 5.92 Å². The second-order valence-electron chi connectivity index (χ2n) is 7.55. The van der Waals surface area contributed by atoms with Crippen LogP contribution in [0.5, 0.6) is 0 Å². The molecule has 0 saturated carbocycles. The Morgan fingerprint density at radius 2 is 1.69 bits per heavy atom. The molecule has 0 unspecified atom stereocenters. The maximum absolute atomic E-state index is 12.7. The second kappa shape index (κ2) is 12.0. The van der Waals surface area contributed by atoms with Gasteiger partial charge in [-0.05, 0) is 42.0 Å². The van der Waals surface area contributed by atoms with Crippen LogP contribution in [0.4, 0.5) is 0 Å². The molecule has 0 bridgehead atoms. The summed E-state index contributed by atoms with van der Waals surface area (Å²) >= 11 is 12.0. The highest BCUT2D eigenvalue weighted by Gasteiger charge is 2.20. The summed E-state index contributed by atoms with van der Waals surface area (Å²) in [6.45, 7) is 4.65. The van der Waals surface area contributed by atoms with Crippen molar-refractivity contribution in [1.82, 2.24) is 10.6 Å². The first-order valence-corrected chi connectivity index (χ1v) is 10.6. The van der Waals surface area contributed by atoms with E-state index < -0.39 is 6.04 Å². The van der Waals surface area contributed by atoms with Gasteiger partial charge in [0.15, 0.2) is 0 Å². The molecule has 0 spiro atoms. The fourth-order valence-electron chi connectivity index (χ4n) is 2.97. The lowest BCUT2D eigenvalue weighted by molar-refractivity contribution is -0.124. The SMILES string of the molecule is CC(C)C[C@@H](NCC(=O)CCc1ccccc1)C(=O)NCc1ccc(Cl)c(Cl)c1. The standard InChI is InChI=1S/C23H28Cl2N2O2/c1-16(2)12-22(23(29)27-14-18-9-11-20(24)21(25)13-18)26-15-19(28)10-8-17-6-4-3-5-7-17/h3-7,9,11,13,16,22,26H,8,10,12,14-15H2,1-2H3,(H,27,29)/t22-/m1/s1. The van der Waals surface area contributed by atoms with Gasteiger partial charge in [-0.1, -0.05) is 73.4 Å². The quantitative estimate of drug-likeness (QED) is 0.532. The van der Waals surface area contributed by atoms with Gasteiger partial charge < -0.3 is 5.32 Å². The molecular formula is C23H28Cl2N2O2. The monoisotopic (exact) mass is 434 g/mol. The van der Waals surface area contributed by atoms with E-state index in [1.807, 2.05) is 36.4 Å². The predicted octanol–water partition coefficient (Wildman–Crippen LogP) is 4.82. The predicted molar refractivity (Wildman–Crippen MR) is 119 cm³/mol. The maximum atomic E-state index is 12.7. The summed E-state index contributed by atoms with van der Waals surface area (Å²) in [5.74, 6) is 0.295. The molecule has 2 aromatic rings. The maximum Gasteiger partial charge on any atom is 0.237 e. The first kappa shape index (κ1) is 23.4. The number of amides is 1. The van der Waals surface area contributed by atoms with Gasteiger partial charge in [0.2, 0.25) is 5.91 Å². The van der Waals surface area contributed by atoms with E-state index >= 15 is 0 Å². The molecule has 0 aliphatic rings. The molecule has 0 heterocycles. The van der Waals surface area contributed by atoms with Crippen molar-refractivity contribution in [2.24, 2.45) is 5.92 Å². The van der Waals surface area contributed by atoms with Crippen LogP contribution in [-0.2, 0) is 22.6 Å². The molecule has 0 radical (unpaired) electrons. The molecule has 0 fully saturated rings. The van der Waals surface area contributed by atoms with E-state index in [9.17, 15) is 9.59 Å². The Bertz CT molecular complexity index is 810. The summed E-state index contributed by atoms with van der Waals surface area (Å²) in [5, 5.41) is 6.99. The van der Waals surface area contributed by atoms with Crippen molar-refractivity contribution in [2.75, 3.05) is 6.54 Å². The minimum atomic E-state index is -0.418. The van der Waals surface area contributed by atoms with Crippen molar-refractivity contribution in [3.8, 4) is 0 Å². The fraction of sp³-hybridized carbons (Fsp3) is 0.391. The van der Waals surface area contributed by atoms with Crippen molar-refractivity contribution in [3.63, 3.8) is 0 Å². The summed E-state index contributed by atoms with van der Waals surface area (Å²) in [6.07, 6.45) is 1.81. The van der Waals surface area contributed by atoms with Gasteiger partial charge in [0.1, 0.15) is 5.78 Å². The number of aryl methyl sites for hydroxylation is 1. The van der Waals surface area contributed by atoms with Gasteiger partial charge in [-0.2, -0.15) is 0 Å². The molecule has 2 rings (SSSR count). The van der Waals surface area contributed by atoms with Gasteiger partial charge in [-0.25, -0.2) is 0 Å². The van der Waals surface area contributed by atoms with Crippen LogP contribution in [0.3, 0.4) is 0 Å². The van der Waals surface area contributed by atoms with Crippen molar-refractivity contribution < 1.29 is 9.59 Å². The van der Waals surface area contributed by atoms with Gasteiger partial charge in [0, 0.05) is 13.0 Å². The third-order valence-corrected chi connectivity index (χ3v) is 5.29. The number of carbonyl (C=O) groups excluding carboxylic acids is 2. The minimum Gasteiger partial charge on any atom is -0.351 e. The van der Waals surface area contributed by atoms with E-state index in [2.05, 4.69) is 24.5 Å². The lowest BCUT2D eigenvalue weighted by atomic mass is 10.0. The summed E-state index contributed by atoms with van der Waals surface area (Å²) in [4.78, 5) is 24.9. The average Bonchev–Trinajstić information content (AvgIpc) is 2.70. The van der Waals surface area contributed by atoms with E-state index in [-0.39, 0.29) is 18.2 Å². The van der Waals surface area contributed by atoms with Crippen LogP contribution >= 0.6 is 23.2 Å². The molecule has 29 heavy (non-hydrogen) atoms. The lowest BCUT2D eigenvalue weighted by Gasteiger charge is -2.20. The fourth-order valence-corrected chi connectivity index (χ4v) is 3.29. The number of hydrogen-bond acceptors (Lipinski definition) is 3. The third kappa shape index (κ3) is 8.57. The molecular weight excluding hydrogens is 407 g/mol. The number of halogens is 2. The average molecular weight is 435 g/mol. The number of carbonyl (C=O) groups is 2. The summed E-state index contributed by atoms with van der Waals surface area (Å²) in [5.41, 5.74) is 2.01. The number of Topliss-reactive ketones (excluding diaryl/α,β-unsaturated/α-hetero) is 1. The zero-order valence-corrected chi connectivity index (χ0v) is 18.4. The van der Waals surface area contributed by atoms with E-state index in [4.69, 9.17) is 23.2 Å². The number of ketones is 1. The van der Waals surface area contributed by atoms with Crippen LogP contribution in [-0.4, -0.2) is 24.3 Å². The van der Waals surface area contributed by atoms with Crippen LogP contribution in [0.25, 0.3) is 0 Å². The molecule has 1 amide bonds. The van der Waals surface area contributed by atoms with Gasteiger partial charge in [0.25, 0.3) is 0 Å². The number of rotatable bonds is 11. The first-order chi connectivity index (χ1) is 13.8. The van der Waals surface area contributed by atoms with Gasteiger partial charge in [0.05, 0.1) is 22.6 Å². The van der Waals surface area contributed by atoms with Crippen molar-refractivity contribution in [1.29, 1.82) is 0 Å². The lowest BCUT2D eigenvalue weighted by Crippen LogP contribution is -2.46. The molecule has 0 aliphatic heterocycles. The Balaban J connectivity index is 1.84. The Morgan fingerprint density at radius 3 is 2.34 bits per heavy atom. The van der Waals surface area contributed by atoms with Crippen LogP contribution in [0.2, 0.25) is 10.0 Å². The highest BCUT2D eigenvalue weighted by molar-refractivity contribution is 6.42. The van der Waals surface area contributed by atoms with Crippen LogP contribution in [0.1, 0.15) is 37.8 Å². The Hall–Kier alpha value is -1.88. The number of benzene rings is 2. The number of hydrogen-bond donors (Lipinski definition) is 2. The Kier molecular flexibility index (Phi) is 9.65. The van der Waals surface area contributed by atoms with E-state index in [0.29, 0.717) is 41.8 Å². The smallest absolute Gasteiger partial charge is 0.237 e. The molecule has 4 nitrogen and oxygen atoms in total. The second-order valence-corrected chi connectivity index (χ2v) is 8.37. The molecule has 0 aliphatic carbocycles. The zero-order valence-electron chi connectivity index (χ0n) is 16.9. The van der Waals surface area contributed by atoms with E-state index in [1.165, 1.54) is 0 Å². The molecule has 0 saturated heterocycles. The van der Waals surface area contributed by atoms with E-state index in [0.717, 1.165) is 11.1 Å². The van der Waals surface area contributed by atoms with Crippen LogP contribution < -0.4 is 10.6 Å². The Morgan fingerprint density at radius 1 is 0.966 bits per heavy atom. The third-order valence-electron chi connectivity index (χ3n) is 4.56. The van der Waals surface area contributed by atoms with Gasteiger partial charge in [-0.3, -0.25) is 14.9 Å². The molecule has 156 valence electrons. The van der Waals surface area contributed by atoms with E-state index in [1.54, 1.807) is 12.1 Å². The first-order valence-electron chi connectivity index (χ1n) is 9.85. The van der Waals surface area contributed by atoms with Gasteiger partial charge in [-0.15, -0.1) is 0 Å². The van der Waals surface area contributed by atoms with Crippen molar-refractivity contribution in [2.45, 2.75) is 45.7 Å². The van der Waals surface area contributed by atoms with Crippen molar-refractivity contribution >= 4 is 34.9 Å². The summed E-state index contributed by atoms with van der Waals surface area (Å²) < 4.78 is 0. The highest BCUT2D eigenvalue weighted by Crippen LogP contribution is 2.22. The number of nitrogens with one attached hydrogen (secondary N) is 2. The molecule has 2 aromatic carbocycles. The molecule has 2 N–H and O–H groups in total. The molecule has 6 heteroatoms. The summed E-state index contributed by atoms with van der Waals surface area (Å²) in [7, 11) is 0. The van der Waals surface area contributed by atoms with Crippen LogP contribution in [0.15, 0.2) is 48.5 Å². The van der Waals surface area contributed by atoms with Gasteiger partial charge >= 0.3 is 0 Å². The Labute approximate surface area is 183 Å². The highest BCUT2D eigenvalue weighted by atomic mass is 35.5. The minimum absolute atomic E-state index is 0.0971. The van der Waals surface area contributed by atoms with Crippen molar-refractivity contribution in [3.05, 3.63) is 69.7 Å². The summed E-state index contributed by atoms with van der Waals surface area (Å²) in [6, 6.07) is 14.8. The largest absolute Gasteiger partial charge is 0.351 e. The molecule has 0 aromatic heterocycles. The normalized spacial score (nSPS) is 12.0.